The number of rotatable bonds is 4. The number of benzene rings is 1. The third kappa shape index (κ3) is 3.27. The summed E-state index contributed by atoms with van der Waals surface area (Å²) < 4.78 is 10.3. The Labute approximate surface area is 90.0 Å². The van der Waals surface area contributed by atoms with Gasteiger partial charge in [-0.15, -0.1) is 0 Å². The van der Waals surface area contributed by atoms with Crippen molar-refractivity contribution in [1.82, 2.24) is 0 Å². The first-order chi connectivity index (χ1) is 7.17. The summed E-state index contributed by atoms with van der Waals surface area (Å²) in [5.41, 5.74) is 0.965. The standard InChI is InChI=1S/C12H16O3/c1-4-12(15-9(2)13)10-6-5-7-11(8-10)14-3/h5-8,12H,4H2,1-3H3/t12-/m1/s1. The lowest BCUT2D eigenvalue weighted by Gasteiger charge is -2.15. The van der Waals surface area contributed by atoms with Gasteiger partial charge in [-0.25, -0.2) is 0 Å². The number of hydrogen-bond acceptors (Lipinski definition) is 3. The number of methoxy groups -OCH3 is 1. The Morgan fingerprint density at radius 1 is 1.47 bits per heavy atom. The van der Waals surface area contributed by atoms with E-state index in [-0.39, 0.29) is 12.1 Å². The maximum atomic E-state index is 10.9. The molecule has 1 atom stereocenters. The fourth-order valence-corrected chi connectivity index (χ4v) is 1.43. The van der Waals surface area contributed by atoms with E-state index in [1.165, 1.54) is 6.92 Å². The molecule has 0 aromatic heterocycles. The van der Waals surface area contributed by atoms with Gasteiger partial charge in [-0.05, 0) is 24.1 Å². The van der Waals surface area contributed by atoms with Crippen molar-refractivity contribution in [2.24, 2.45) is 0 Å². The number of ether oxygens (including phenoxy) is 2. The first-order valence-corrected chi connectivity index (χ1v) is 4.98. The Bertz CT molecular complexity index is 333. The van der Waals surface area contributed by atoms with Crippen molar-refractivity contribution in [3.63, 3.8) is 0 Å². The van der Waals surface area contributed by atoms with Gasteiger partial charge in [0.25, 0.3) is 0 Å². The highest BCUT2D eigenvalue weighted by atomic mass is 16.5. The monoisotopic (exact) mass is 208 g/mol. The van der Waals surface area contributed by atoms with E-state index in [0.717, 1.165) is 17.7 Å². The van der Waals surface area contributed by atoms with Crippen molar-refractivity contribution in [2.75, 3.05) is 7.11 Å². The summed E-state index contributed by atoms with van der Waals surface area (Å²) in [6, 6.07) is 7.57. The van der Waals surface area contributed by atoms with Crippen molar-refractivity contribution in [1.29, 1.82) is 0 Å². The maximum Gasteiger partial charge on any atom is 0.303 e. The molecule has 1 aromatic carbocycles. The van der Waals surface area contributed by atoms with Crippen LogP contribution in [0.15, 0.2) is 24.3 Å². The van der Waals surface area contributed by atoms with Crippen LogP contribution in [0.5, 0.6) is 5.75 Å². The predicted octanol–water partition coefficient (Wildman–Crippen LogP) is 2.71. The molecule has 1 rings (SSSR count). The Hall–Kier alpha value is -1.51. The van der Waals surface area contributed by atoms with E-state index < -0.39 is 0 Å². The molecule has 0 aliphatic heterocycles. The molecule has 0 aliphatic rings. The molecular formula is C12H16O3. The summed E-state index contributed by atoms with van der Waals surface area (Å²) in [4.78, 5) is 10.9. The summed E-state index contributed by atoms with van der Waals surface area (Å²) in [6.45, 7) is 3.40. The van der Waals surface area contributed by atoms with E-state index in [1.807, 2.05) is 31.2 Å². The van der Waals surface area contributed by atoms with Gasteiger partial charge < -0.3 is 9.47 Å². The lowest BCUT2D eigenvalue weighted by Crippen LogP contribution is -2.07. The van der Waals surface area contributed by atoms with Crippen LogP contribution in [0.2, 0.25) is 0 Å². The summed E-state index contributed by atoms with van der Waals surface area (Å²) in [5.74, 6) is 0.516. The second-order valence-electron chi connectivity index (χ2n) is 3.28. The fraction of sp³-hybridized carbons (Fsp3) is 0.417. The largest absolute Gasteiger partial charge is 0.497 e. The molecule has 0 N–H and O–H groups in total. The minimum absolute atomic E-state index is 0.183. The normalized spacial score (nSPS) is 11.9. The van der Waals surface area contributed by atoms with Gasteiger partial charge in [0.2, 0.25) is 0 Å². The number of carbonyl (C=O) groups is 1. The topological polar surface area (TPSA) is 35.5 Å². The van der Waals surface area contributed by atoms with Crippen molar-refractivity contribution in [2.45, 2.75) is 26.4 Å². The van der Waals surface area contributed by atoms with Crippen molar-refractivity contribution >= 4 is 5.97 Å². The van der Waals surface area contributed by atoms with Gasteiger partial charge in [0, 0.05) is 6.92 Å². The minimum Gasteiger partial charge on any atom is -0.497 e. The molecular weight excluding hydrogens is 192 g/mol. The van der Waals surface area contributed by atoms with Gasteiger partial charge in [0.15, 0.2) is 0 Å². The zero-order valence-electron chi connectivity index (χ0n) is 9.32. The SMILES string of the molecule is CC[C@@H](OC(C)=O)c1cccc(OC)c1. The van der Waals surface area contributed by atoms with Crippen LogP contribution in [-0.2, 0) is 9.53 Å². The first-order valence-electron chi connectivity index (χ1n) is 4.98. The van der Waals surface area contributed by atoms with Crippen molar-refractivity contribution < 1.29 is 14.3 Å². The molecule has 0 heterocycles. The van der Waals surface area contributed by atoms with E-state index >= 15 is 0 Å². The summed E-state index contributed by atoms with van der Waals surface area (Å²) in [6.07, 6.45) is 0.574. The summed E-state index contributed by atoms with van der Waals surface area (Å²) in [5, 5.41) is 0. The van der Waals surface area contributed by atoms with Crippen molar-refractivity contribution in [3.8, 4) is 5.75 Å². The van der Waals surface area contributed by atoms with Gasteiger partial charge in [-0.1, -0.05) is 19.1 Å². The molecule has 3 nitrogen and oxygen atoms in total. The van der Waals surface area contributed by atoms with Crippen LogP contribution in [0.25, 0.3) is 0 Å². The van der Waals surface area contributed by atoms with E-state index in [0.29, 0.717) is 0 Å². The highest BCUT2D eigenvalue weighted by Crippen LogP contribution is 2.24. The minimum atomic E-state index is -0.260. The zero-order chi connectivity index (χ0) is 11.3. The molecule has 0 amide bonds. The number of hydrogen-bond donors (Lipinski definition) is 0. The average molecular weight is 208 g/mol. The summed E-state index contributed by atoms with van der Waals surface area (Å²) >= 11 is 0. The van der Waals surface area contributed by atoms with Crippen LogP contribution in [0.3, 0.4) is 0 Å². The van der Waals surface area contributed by atoms with E-state index in [9.17, 15) is 4.79 Å². The van der Waals surface area contributed by atoms with Gasteiger partial charge >= 0.3 is 5.97 Å². The highest BCUT2D eigenvalue weighted by Gasteiger charge is 2.12. The average Bonchev–Trinajstić information content (AvgIpc) is 2.25. The van der Waals surface area contributed by atoms with Crippen LogP contribution >= 0.6 is 0 Å². The molecule has 82 valence electrons. The Morgan fingerprint density at radius 2 is 2.20 bits per heavy atom. The van der Waals surface area contributed by atoms with Crippen molar-refractivity contribution in [3.05, 3.63) is 29.8 Å². The van der Waals surface area contributed by atoms with Crippen LogP contribution in [0.4, 0.5) is 0 Å². The lowest BCUT2D eigenvalue weighted by atomic mass is 10.1. The maximum absolute atomic E-state index is 10.9. The Morgan fingerprint density at radius 3 is 2.73 bits per heavy atom. The van der Waals surface area contributed by atoms with E-state index in [4.69, 9.17) is 9.47 Å². The third-order valence-electron chi connectivity index (χ3n) is 2.14. The molecule has 0 radical (unpaired) electrons. The molecule has 1 aromatic rings. The van der Waals surface area contributed by atoms with Gasteiger partial charge in [0.1, 0.15) is 11.9 Å². The molecule has 0 saturated carbocycles. The third-order valence-corrected chi connectivity index (χ3v) is 2.14. The quantitative estimate of drug-likeness (QED) is 0.714. The predicted molar refractivity (Wildman–Crippen MR) is 57.8 cm³/mol. The number of esters is 1. The van der Waals surface area contributed by atoms with Gasteiger partial charge in [-0.2, -0.15) is 0 Å². The van der Waals surface area contributed by atoms with Crippen LogP contribution in [-0.4, -0.2) is 13.1 Å². The molecule has 0 aliphatic carbocycles. The van der Waals surface area contributed by atoms with Gasteiger partial charge in [-0.3, -0.25) is 4.79 Å². The fourth-order valence-electron chi connectivity index (χ4n) is 1.43. The van der Waals surface area contributed by atoms with Gasteiger partial charge in [0.05, 0.1) is 7.11 Å². The highest BCUT2D eigenvalue weighted by molar-refractivity contribution is 5.66. The molecule has 3 heteroatoms. The molecule has 0 saturated heterocycles. The smallest absolute Gasteiger partial charge is 0.303 e. The Kier molecular flexibility index (Phi) is 4.16. The molecule has 0 unspecified atom stereocenters. The lowest BCUT2D eigenvalue weighted by molar-refractivity contribution is -0.146. The zero-order valence-corrected chi connectivity index (χ0v) is 9.32. The van der Waals surface area contributed by atoms with Crippen LogP contribution in [0.1, 0.15) is 31.9 Å². The molecule has 15 heavy (non-hydrogen) atoms. The first kappa shape index (κ1) is 11.6. The number of carbonyl (C=O) groups excluding carboxylic acids is 1. The summed E-state index contributed by atoms with van der Waals surface area (Å²) in [7, 11) is 1.62. The molecule has 0 bridgehead atoms. The van der Waals surface area contributed by atoms with Crippen LogP contribution < -0.4 is 4.74 Å². The molecule has 0 spiro atoms. The van der Waals surface area contributed by atoms with Crippen LogP contribution in [0, 0.1) is 0 Å². The Balaban J connectivity index is 2.85. The van der Waals surface area contributed by atoms with E-state index in [1.54, 1.807) is 7.11 Å². The second kappa shape index (κ2) is 5.39. The second-order valence-corrected chi connectivity index (χ2v) is 3.28. The molecule has 0 fully saturated rings. The van der Waals surface area contributed by atoms with E-state index in [2.05, 4.69) is 0 Å².